The molecule has 0 radical (unpaired) electrons. The number of benzene rings is 2. The molecule has 5 rings (SSSR count). The smallest absolute Gasteiger partial charge is 0.319 e. The summed E-state index contributed by atoms with van der Waals surface area (Å²) in [6, 6.07) is 4.51. The van der Waals surface area contributed by atoms with Crippen LogP contribution in [-0.2, 0) is 0 Å². The fourth-order valence-electron chi connectivity index (χ4n) is 3.52. The molecule has 9 nitrogen and oxygen atoms in total. The van der Waals surface area contributed by atoms with Crippen molar-refractivity contribution < 1.29 is 27.8 Å². The molecule has 36 heavy (non-hydrogen) atoms. The Morgan fingerprint density at radius 3 is 2.61 bits per heavy atom. The second-order valence-corrected chi connectivity index (χ2v) is 9.41. The van der Waals surface area contributed by atoms with E-state index in [0.29, 0.717) is 5.52 Å². The first kappa shape index (κ1) is 24.0. The number of urea groups is 1. The lowest BCUT2D eigenvalue weighted by Gasteiger charge is -2.16. The highest BCUT2D eigenvalue weighted by molar-refractivity contribution is 6.34. The second-order valence-electron chi connectivity index (χ2n) is 9.03. The van der Waals surface area contributed by atoms with Crippen LogP contribution in [0.15, 0.2) is 30.5 Å². The lowest BCUT2D eigenvalue weighted by atomic mass is 10.1. The fraction of sp³-hybridized carbons (Fsp3) is 0.292. The number of nitrogens with two attached hydrogens (primary N) is 2. The van der Waals surface area contributed by atoms with Crippen molar-refractivity contribution >= 4 is 40.1 Å². The Kier molecular flexibility index (Phi) is 6.05. The van der Waals surface area contributed by atoms with Crippen molar-refractivity contribution in [2.75, 3.05) is 11.9 Å². The van der Waals surface area contributed by atoms with Crippen molar-refractivity contribution in [2.45, 2.75) is 37.3 Å². The second kappa shape index (κ2) is 9.07. The minimum Gasteiger partial charge on any atom is -0.491 e. The van der Waals surface area contributed by atoms with E-state index >= 15 is 4.39 Å². The van der Waals surface area contributed by atoms with Gasteiger partial charge in [0.05, 0.1) is 22.3 Å². The van der Waals surface area contributed by atoms with Crippen LogP contribution in [0.1, 0.15) is 36.0 Å². The van der Waals surface area contributed by atoms with E-state index in [4.69, 9.17) is 32.5 Å². The van der Waals surface area contributed by atoms with E-state index in [-0.39, 0.29) is 40.8 Å². The number of carbonyl (C=O) groups excluding carboxylic acids is 2. The zero-order chi connectivity index (χ0) is 25.6. The Balaban J connectivity index is 1.46. The van der Waals surface area contributed by atoms with Crippen molar-refractivity contribution in [2.24, 2.45) is 11.5 Å². The highest BCUT2D eigenvalue weighted by atomic mass is 35.5. The number of nitrogens with zero attached hydrogens (tertiary/aromatic N) is 1. The first-order chi connectivity index (χ1) is 17.1. The van der Waals surface area contributed by atoms with Crippen LogP contribution in [0.2, 0.25) is 5.02 Å². The molecule has 0 aliphatic heterocycles. The van der Waals surface area contributed by atoms with Gasteiger partial charge in [0, 0.05) is 29.8 Å². The van der Waals surface area contributed by atoms with Gasteiger partial charge in [-0.2, -0.15) is 0 Å². The average molecular weight is 518 g/mol. The average Bonchev–Trinajstić information content (AvgIpc) is 3.77. The van der Waals surface area contributed by atoms with Gasteiger partial charge in [-0.1, -0.05) is 11.6 Å². The summed E-state index contributed by atoms with van der Waals surface area (Å²) in [5, 5.41) is 4.70. The molecule has 1 aromatic heterocycles. The molecule has 1 heterocycles. The van der Waals surface area contributed by atoms with Crippen molar-refractivity contribution in [3.63, 3.8) is 0 Å². The Morgan fingerprint density at radius 2 is 1.94 bits per heavy atom. The summed E-state index contributed by atoms with van der Waals surface area (Å²) < 4.78 is 41.2. The van der Waals surface area contributed by atoms with Crippen LogP contribution < -0.4 is 31.6 Å². The molecule has 3 amide bonds. The maximum atomic E-state index is 15.0. The maximum Gasteiger partial charge on any atom is 0.319 e. The molecule has 188 valence electrons. The number of fused-ring (bicyclic) bond motifs is 1. The number of amides is 3. The van der Waals surface area contributed by atoms with E-state index in [0.717, 1.165) is 31.7 Å². The fourth-order valence-corrected chi connectivity index (χ4v) is 3.71. The number of anilines is 1. The van der Waals surface area contributed by atoms with Gasteiger partial charge < -0.3 is 31.6 Å². The molecule has 2 aromatic carbocycles. The number of hydrogen-bond acceptors (Lipinski definition) is 6. The highest BCUT2D eigenvalue weighted by Crippen LogP contribution is 2.40. The number of rotatable bonds is 8. The SMILES string of the molecule is NC(=O)c1cc2c(Oc3c(F)cc(NC(=O)NC4CC4)c(Cl)c3F)ccnc2cc1OCC1(N)CC1. The number of nitrogens with one attached hydrogen (secondary N) is 2. The standard InChI is InChI=1S/C24H22ClF2N5O4/c25-19-16(32-23(34)31-11-1-2-11)8-14(26)21(20(19)27)36-17-3-6-30-15-9-18(35-10-24(29)4-5-24)13(22(28)33)7-12(15)17/h3,6-9,11H,1-2,4-5,10,29H2,(H2,28,33)(H2,31,32,34). The molecule has 3 aromatic rings. The molecule has 2 aliphatic carbocycles. The first-order valence-electron chi connectivity index (χ1n) is 11.2. The van der Waals surface area contributed by atoms with E-state index < -0.39 is 39.9 Å². The third kappa shape index (κ3) is 4.98. The molecule has 0 bridgehead atoms. The molecule has 0 saturated heterocycles. The van der Waals surface area contributed by atoms with Crippen molar-refractivity contribution in [3.8, 4) is 17.2 Å². The van der Waals surface area contributed by atoms with Crippen LogP contribution in [0.5, 0.6) is 17.2 Å². The van der Waals surface area contributed by atoms with Gasteiger partial charge in [-0.05, 0) is 37.8 Å². The number of aromatic nitrogens is 1. The largest absolute Gasteiger partial charge is 0.491 e. The van der Waals surface area contributed by atoms with Crippen molar-refractivity contribution in [3.05, 3.63) is 52.7 Å². The summed E-state index contributed by atoms with van der Waals surface area (Å²) in [7, 11) is 0. The Hall–Kier alpha value is -3.70. The Bertz CT molecular complexity index is 1390. The van der Waals surface area contributed by atoms with Crippen molar-refractivity contribution in [1.29, 1.82) is 0 Å². The highest BCUT2D eigenvalue weighted by Gasteiger charge is 2.39. The minimum atomic E-state index is -1.21. The summed E-state index contributed by atoms with van der Waals surface area (Å²) >= 11 is 6.05. The topological polar surface area (TPSA) is 142 Å². The van der Waals surface area contributed by atoms with Crippen LogP contribution in [-0.4, -0.2) is 35.1 Å². The van der Waals surface area contributed by atoms with E-state index in [9.17, 15) is 14.0 Å². The molecule has 6 N–H and O–H groups in total. The summed E-state index contributed by atoms with van der Waals surface area (Å²) in [4.78, 5) is 28.3. The number of hydrogen-bond donors (Lipinski definition) is 4. The summed E-state index contributed by atoms with van der Waals surface area (Å²) in [5.41, 5.74) is 11.3. The van der Waals surface area contributed by atoms with Crippen LogP contribution in [0.3, 0.4) is 0 Å². The molecular formula is C24H22ClF2N5O4. The summed E-state index contributed by atoms with van der Waals surface area (Å²) in [6.45, 7) is 0.197. The molecular weight excluding hydrogens is 496 g/mol. The molecule has 2 fully saturated rings. The summed E-state index contributed by atoms with van der Waals surface area (Å²) in [6.07, 6.45) is 4.67. The van der Waals surface area contributed by atoms with Gasteiger partial charge in [0.1, 0.15) is 23.1 Å². The normalized spacial score (nSPS) is 15.9. The van der Waals surface area contributed by atoms with Gasteiger partial charge in [0.15, 0.2) is 17.4 Å². The van der Waals surface area contributed by atoms with Crippen LogP contribution >= 0.6 is 11.6 Å². The zero-order valence-corrected chi connectivity index (χ0v) is 19.6. The number of primary amides is 1. The quantitative estimate of drug-likeness (QED) is 0.330. The van der Waals surface area contributed by atoms with Gasteiger partial charge in [-0.3, -0.25) is 9.78 Å². The van der Waals surface area contributed by atoms with Gasteiger partial charge in [0.2, 0.25) is 0 Å². The molecule has 2 saturated carbocycles. The molecule has 0 unspecified atom stereocenters. The third-order valence-electron chi connectivity index (χ3n) is 5.96. The monoisotopic (exact) mass is 517 g/mol. The van der Waals surface area contributed by atoms with E-state index in [2.05, 4.69) is 15.6 Å². The van der Waals surface area contributed by atoms with Gasteiger partial charge in [-0.15, -0.1) is 0 Å². The van der Waals surface area contributed by atoms with E-state index in [1.54, 1.807) is 0 Å². The summed E-state index contributed by atoms with van der Waals surface area (Å²) in [5.74, 6) is -3.69. The molecule has 0 atom stereocenters. The van der Waals surface area contributed by atoms with Gasteiger partial charge in [0.25, 0.3) is 5.91 Å². The minimum absolute atomic E-state index is 0.00686. The number of pyridine rings is 1. The number of halogens is 3. The van der Waals surface area contributed by atoms with E-state index in [1.807, 2.05) is 0 Å². The van der Waals surface area contributed by atoms with E-state index in [1.165, 1.54) is 24.4 Å². The number of ether oxygens (including phenoxy) is 2. The van der Waals surface area contributed by atoms with Crippen LogP contribution in [0.25, 0.3) is 10.9 Å². The predicted octanol–water partition coefficient (Wildman–Crippen LogP) is 4.21. The third-order valence-corrected chi connectivity index (χ3v) is 6.33. The zero-order valence-electron chi connectivity index (χ0n) is 18.9. The Morgan fingerprint density at radius 1 is 1.19 bits per heavy atom. The molecule has 12 heteroatoms. The predicted molar refractivity (Wildman–Crippen MR) is 129 cm³/mol. The molecule has 2 aliphatic rings. The van der Waals surface area contributed by atoms with Gasteiger partial charge in [-0.25, -0.2) is 13.6 Å². The lowest BCUT2D eigenvalue weighted by Crippen LogP contribution is -2.30. The van der Waals surface area contributed by atoms with Crippen LogP contribution in [0.4, 0.5) is 19.3 Å². The number of carbonyl (C=O) groups is 2. The first-order valence-corrected chi connectivity index (χ1v) is 11.6. The molecule has 0 spiro atoms. The van der Waals surface area contributed by atoms with Crippen LogP contribution in [0, 0.1) is 11.6 Å². The maximum absolute atomic E-state index is 15.0. The Labute approximate surface area is 209 Å². The van der Waals surface area contributed by atoms with Crippen molar-refractivity contribution in [1.82, 2.24) is 10.3 Å². The lowest BCUT2D eigenvalue weighted by molar-refractivity contribution is 0.0996. The van der Waals surface area contributed by atoms with Gasteiger partial charge >= 0.3 is 6.03 Å².